The first kappa shape index (κ1) is 12.6. The van der Waals surface area contributed by atoms with Gasteiger partial charge in [0.05, 0.1) is 0 Å². The highest BCUT2D eigenvalue weighted by atomic mass is 32.2. The number of hydrogen-bond donors (Lipinski definition) is 0. The molecule has 18 heavy (non-hydrogen) atoms. The van der Waals surface area contributed by atoms with Gasteiger partial charge < -0.3 is 0 Å². The summed E-state index contributed by atoms with van der Waals surface area (Å²) in [6.45, 7) is 12.0. The summed E-state index contributed by atoms with van der Waals surface area (Å²) in [6.07, 6.45) is 2.62. The van der Waals surface area contributed by atoms with Crippen molar-refractivity contribution in [1.82, 2.24) is 0 Å². The third kappa shape index (κ3) is 1.74. The maximum Gasteiger partial charge on any atom is 0.0110 e. The zero-order valence-corrected chi connectivity index (χ0v) is 13.1. The summed E-state index contributed by atoms with van der Waals surface area (Å²) < 4.78 is 0. The molecule has 0 radical (unpaired) electrons. The molecule has 1 aromatic carbocycles. The maximum absolute atomic E-state index is 2.54. The average molecular weight is 260 g/mol. The Labute approximate surface area is 116 Å². The molecule has 2 aliphatic rings. The molecule has 0 saturated heterocycles. The standard InChI is InChI=1S/C17H24S/c1-11-10-18-15-9-14-13(8-12(11)15)16(2,3)6-7-17(14,4)5/h8-9,11H,6-7,10H2,1-5H3. The monoisotopic (exact) mass is 260 g/mol. The minimum Gasteiger partial charge on any atom is -0.125 e. The van der Waals surface area contributed by atoms with Gasteiger partial charge in [0.2, 0.25) is 0 Å². The van der Waals surface area contributed by atoms with Crippen LogP contribution in [-0.4, -0.2) is 5.75 Å². The molecule has 1 unspecified atom stereocenters. The first-order valence-corrected chi connectivity index (χ1v) is 8.11. The van der Waals surface area contributed by atoms with Crippen molar-refractivity contribution < 1.29 is 0 Å². The quantitative estimate of drug-likeness (QED) is 0.614. The molecule has 0 bridgehead atoms. The lowest BCUT2D eigenvalue weighted by molar-refractivity contribution is 0.331. The molecule has 3 rings (SSSR count). The highest BCUT2D eigenvalue weighted by Crippen LogP contribution is 2.50. The zero-order valence-electron chi connectivity index (χ0n) is 12.3. The van der Waals surface area contributed by atoms with E-state index in [2.05, 4.69) is 46.8 Å². The molecule has 1 aliphatic carbocycles. The van der Waals surface area contributed by atoms with Crippen LogP contribution in [0.2, 0.25) is 0 Å². The van der Waals surface area contributed by atoms with Crippen LogP contribution in [0.15, 0.2) is 17.0 Å². The fourth-order valence-corrected chi connectivity index (χ4v) is 4.66. The number of fused-ring (bicyclic) bond motifs is 2. The van der Waals surface area contributed by atoms with Gasteiger partial charge in [-0.05, 0) is 52.3 Å². The third-order valence-corrected chi connectivity index (χ3v) is 6.33. The Bertz CT molecular complexity index is 497. The summed E-state index contributed by atoms with van der Waals surface area (Å²) >= 11 is 2.05. The molecule has 0 amide bonds. The number of benzene rings is 1. The van der Waals surface area contributed by atoms with Crippen LogP contribution in [-0.2, 0) is 10.8 Å². The van der Waals surface area contributed by atoms with E-state index in [9.17, 15) is 0 Å². The van der Waals surface area contributed by atoms with Gasteiger partial charge in [-0.2, -0.15) is 0 Å². The second kappa shape index (κ2) is 3.79. The Balaban J connectivity index is 2.24. The van der Waals surface area contributed by atoms with E-state index in [0.717, 1.165) is 5.92 Å². The molecule has 1 heterocycles. The molecule has 0 nitrogen and oxygen atoms in total. The first-order valence-electron chi connectivity index (χ1n) is 7.13. The first-order chi connectivity index (χ1) is 8.31. The summed E-state index contributed by atoms with van der Waals surface area (Å²) in [5, 5.41) is 0. The Morgan fingerprint density at radius 1 is 1.00 bits per heavy atom. The summed E-state index contributed by atoms with van der Waals surface area (Å²) in [7, 11) is 0. The van der Waals surface area contributed by atoms with Crippen molar-refractivity contribution in [3.8, 4) is 0 Å². The van der Waals surface area contributed by atoms with Crippen LogP contribution < -0.4 is 0 Å². The summed E-state index contributed by atoms with van der Waals surface area (Å²) in [4.78, 5) is 1.55. The Hall–Kier alpha value is -0.430. The molecular formula is C17H24S. The average Bonchev–Trinajstić information content (AvgIpc) is 2.66. The topological polar surface area (TPSA) is 0 Å². The van der Waals surface area contributed by atoms with Gasteiger partial charge in [0.25, 0.3) is 0 Å². The van der Waals surface area contributed by atoms with E-state index in [1.54, 1.807) is 21.6 Å². The zero-order chi connectivity index (χ0) is 13.1. The van der Waals surface area contributed by atoms with Crippen LogP contribution in [0.25, 0.3) is 0 Å². The van der Waals surface area contributed by atoms with E-state index in [-0.39, 0.29) is 0 Å². The Morgan fingerprint density at radius 2 is 1.56 bits per heavy atom. The highest BCUT2D eigenvalue weighted by Gasteiger charge is 2.38. The lowest BCUT2D eigenvalue weighted by Gasteiger charge is -2.42. The predicted molar refractivity (Wildman–Crippen MR) is 80.9 cm³/mol. The van der Waals surface area contributed by atoms with Crippen molar-refractivity contribution in [3.63, 3.8) is 0 Å². The van der Waals surface area contributed by atoms with E-state index in [1.807, 2.05) is 11.8 Å². The number of rotatable bonds is 0. The Morgan fingerprint density at radius 3 is 2.17 bits per heavy atom. The molecule has 0 saturated carbocycles. The van der Waals surface area contributed by atoms with E-state index in [4.69, 9.17) is 0 Å². The van der Waals surface area contributed by atoms with Crippen LogP contribution in [0.3, 0.4) is 0 Å². The minimum absolute atomic E-state index is 0.353. The molecule has 1 atom stereocenters. The fourth-order valence-electron chi connectivity index (χ4n) is 3.43. The molecule has 0 N–H and O–H groups in total. The highest BCUT2D eigenvalue weighted by molar-refractivity contribution is 7.99. The molecule has 1 aromatic rings. The third-order valence-electron chi connectivity index (χ3n) is 5.00. The van der Waals surface area contributed by atoms with Gasteiger partial charge in [0.15, 0.2) is 0 Å². The van der Waals surface area contributed by atoms with Gasteiger partial charge in [0.1, 0.15) is 0 Å². The number of thioether (sulfide) groups is 1. The molecule has 0 fully saturated rings. The van der Waals surface area contributed by atoms with Crippen molar-refractivity contribution in [3.05, 3.63) is 28.8 Å². The molecule has 98 valence electrons. The van der Waals surface area contributed by atoms with Crippen molar-refractivity contribution >= 4 is 11.8 Å². The van der Waals surface area contributed by atoms with Gasteiger partial charge in [-0.15, -0.1) is 11.8 Å². The van der Waals surface area contributed by atoms with Crippen molar-refractivity contribution in [2.24, 2.45) is 0 Å². The smallest absolute Gasteiger partial charge is 0.0110 e. The summed E-state index contributed by atoms with van der Waals surface area (Å²) in [6, 6.07) is 5.05. The minimum atomic E-state index is 0.353. The molecular weight excluding hydrogens is 236 g/mol. The van der Waals surface area contributed by atoms with E-state index in [0.29, 0.717) is 10.8 Å². The summed E-state index contributed by atoms with van der Waals surface area (Å²) in [5.74, 6) is 2.00. The van der Waals surface area contributed by atoms with Crippen LogP contribution in [0, 0.1) is 0 Å². The van der Waals surface area contributed by atoms with Crippen LogP contribution in [0.4, 0.5) is 0 Å². The number of hydrogen-bond acceptors (Lipinski definition) is 1. The molecule has 0 aromatic heterocycles. The summed E-state index contributed by atoms with van der Waals surface area (Å²) in [5.41, 5.74) is 5.54. The fraction of sp³-hybridized carbons (Fsp3) is 0.647. The van der Waals surface area contributed by atoms with Crippen molar-refractivity contribution in [2.75, 3.05) is 5.75 Å². The molecule has 1 heteroatoms. The van der Waals surface area contributed by atoms with E-state index < -0.39 is 0 Å². The lowest BCUT2D eigenvalue weighted by Crippen LogP contribution is -2.34. The Kier molecular flexibility index (Phi) is 2.65. The normalized spacial score (nSPS) is 27.7. The SMILES string of the molecule is CC1CSc2cc3c(cc21)C(C)(C)CCC3(C)C. The second-order valence-electron chi connectivity index (χ2n) is 7.42. The van der Waals surface area contributed by atoms with Gasteiger partial charge >= 0.3 is 0 Å². The van der Waals surface area contributed by atoms with Crippen molar-refractivity contribution in [2.45, 2.75) is 69.1 Å². The van der Waals surface area contributed by atoms with Gasteiger partial charge in [-0.3, -0.25) is 0 Å². The van der Waals surface area contributed by atoms with Crippen molar-refractivity contribution in [1.29, 1.82) is 0 Å². The van der Waals surface area contributed by atoms with Gasteiger partial charge in [-0.25, -0.2) is 0 Å². The largest absolute Gasteiger partial charge is 0.125 e. The molecule has 0 spiro atoms. The van der Waals surface area contributed by atoms with Crippen LogP contribution in [0.5, 0.6) is 0 Å². The van der Waals surface area contributed by atoms with E-state index >= 15 is 0 Å². The van der Waals surface area contributed by atoms with E-state index in [1.165, 1.54) is 18.6 Å². The predicted octanol–water partition coefficient (Wildman–Crippen LogP) is 5.24. The molecule has 1 aliphatic heterocycles. The van der Waals surface area contributed by atoms with Crippen LogP contribution >= 0.6 is 11.8 Å². The maximum atomic E-state index is 2.54. The van der Waals surface area contributed by atoms with Crippen LogP contribution in [0.1, 0.15) is 70.1 Å². The van der Waals surface area contributed by atoms with Gasteiger partial charge in [0, 0.05) is 10.6 Å². The second-order valence-corrected chi connectivity index (χ2v) is 8.48. The van der Waals surface area contributed by atoms with Gasteiger partial charge in [-0.1, -0.05) is 40.7 Å². The lowest BCUT2D eigenvalue weighted by atomic mass is 9.63.